The second-order valence-electron chi connectivity index (χ2n) is 6.04. The van der Waals surface area contributed by atoms with Crippen molar-refractivity contribution in [2.45, 2.75) is 32.6 Å². The van der Waals surface area contributed by atoms with Gasteiger partial charge in [0.25, 0.3) is 0 Å². The van der Waals surface area contributed by atoms with Crippen molar-refractivity contribution in [3.63, 3.8) is 0 Å². The summed E-state index contributed by atoms with van der Waals surface area (Å²) < 4.78 is 5.69. The SMILES string of the molecule is CC1CN(C(=O)CN(CCN)Cc2ccccc2)CC(C)O1.Cl. The van der Waals surface area contributed by atoms with Gasteiger partial charge in [0.2, 0.25) is 5.91 Å². The molecule has 1 aromatic carbocycles. The molecule has 1 amide bonds. The number of hydrogen-bond donors (Lipinski definition) is 1. The van der Waals surface area contributed by atoms with Crippen LogP contribution in [0.5, 0.6) is 0 Å². The van der Waals surface area contributed by atoms with Crippen molar-refractivity contribution in [3.8, 4) is 0 Å². The van der Waals surface area contributed by atoms with E-state index in [2.05, 4.69) is 17.0 Å². The van der Waals surface area contributed by atoms with Gasteiger partial charge in [-0.15, -0.1) is 12.4 Å². The monoisotopic (exact) mass is 341 g/mol. The number of carbonyl (C=O) groups excluding carboxylic acids is 1. The number of ether oxygens (including phenoxy) is 1. The summed E-state index contributed by atoms with van der Waals surface area (Å²) in [6, 6.07) is 10.2. The minimum absolute atomic E-state index is 0. The van der Waals surface area contributed by atoms with Crippen molar-refractivity contribution in [2.75, 3.05) is 32.7 Å². The van der Waals surface area contributed by atoms with Gasteiger partial charge in [0.1, 0.15) is 0 Å². The zero-order valence-electron chi connectivity index (χ0n) is 14.0. The third kappa shape index (κ3) is 6.47. The highest BCUT2D eigenvalue weighted by molar-refractivity contribution is 5.85. The number of carbonyl (C=O) groups is 1. The molecule has 1 aromatic rings. The van der Waals surface area contributed by atoms with Crippen LogP contribution in [0.25, 0.3) is 0 Å². The molecule has 5 nitrogen and oxygen atoms in total. The maximum absolute atomic E-state index is 12.6. The fourth-order valence-corrected chi connectivity index (χ4v) is 2.91. The number of morpholine rings is 1. The van der Waals surface area contributed by atoms with E-state index in [9.17, 15) is 4.79 Å². The summed E-state index contributed by atoms with van der Waals surface area (Å²) in [5, 5.41) is 0. The molecular weight excluding hydrogens is 314 g/mol. The van der Waals surface area contributed by atoms with E-state index >= 15 is 0 Å². The van der Waals surface area contributed by atoms with Gasteiger partial charge < -0.3 is 15.4 Å². The summed E-state index contributed by atoms with van der Waals surface area (Å²) in [6.45, 7) is 7.79. The minimum atomic E-state index is 0. The number of benzene rings is 1. The lowest BCUT2D eigenvalue weighted by Gasteiger charge is -2.36. The smallest absolute Gasteiger partial charge is 0.236 e. The van der Waals surface area contributed by atoms with E-state index in [1.807, 2.05) is 36.9 Å². The van der Waals surface area contributed by atoms with Crippen LogP contribution in [0.1, 0.15) is 19.4 Å². The fraction of sp³-hybridized carbons (Fsp3) is 0.588. The van der Waals surface area contributed by atoms with Crippen molar-refractivity contribution in [1.29, 1.82) is 0 Å². The van der Waals surface area contributed by atoms with Crippen LogP contribution in [0.2, 0.25) is 0 Å². The highest BCUT2D eigenvalue weighted by Crippen LogP contribution is 2.12. The van der Waals surface area contributed by atoms with E-state index < -0.39 is 0 Å². The summed E-state index contributed by atoms with van der Waals surface area (Å²) in [7, 11) is 0. The topological polar surface area (TPSA) is 58.8 Å². The van der Waals surface area contributed by atoms with Crippen molar-refractivity contribution in [1.82, 2.24) is 9.80 Å². The van der Waals surface area contributed by atoms with Crippen molar-refractivity contribution < 1.29 is 9.53 Å². The van der Waals surface area contributed by atoms with Gasteiger partial charge in [0.15, 0.2) is 0 Å². The zero-order valence-corrected chi connectivity index (χ0v) is 14.8. The average molecular weight is 342 g/mol. The molecule has 0 radical (unpaired) electrons. The number of nitrogens with zero attached hydrogens (tertiary/aromatic N) is 2. The van der Waals surface area contributed by atoms with Gasteiger partial charge in [-0.3, -0.25) is 9.69 Å². The largest absolute Gasteiger partial charge is 0.372 e. The minimum Gasteiger partial charge on any atom is -0.372 e. The van der Waals surface area contributed by atoms with Gasteiger partial charge in [-0.2, -0.15) is 0 Å². The molecule has 0 bridgehead atoms. The van der Waals surface area contributed by atoms with E-state index in [1.54, 1.807) is 0 Å². The fourth-order valence-electron chi connectivity index (χ4n) is 2.91. The Hall–Kier alpha value is -1.14. The number of nitrogens with two attached hydrogens (primary N) is 1. The second kappa shape index (κ2) is 9.88. The number of rotatable bonds is 6. The lowest BCUT2D eigenvalue weighted by Crippen LogP contribution is -2.51. The van der Waals surface area contributed by atoms with Crippen LogP contribution < -0.4 is 5.73 Å². The first kappa shape index (κ1) is 19.9. The third-order valence-electron chi connectivity index (χ3n) is 3.83. The van der Waals surface area contributed by atoms with Gasteiger partial charge in [-0.1, -0.05) is 30.3 Å². The molecule has 0 aliphatic carbocycles. The van der Waals surface area contributed by atoms with E-state index in [0.717, 1.165) is 13.1 Å². The first-order valence-electron chi connectivity index (χ1n) is 7.98. The van der Waals surface area contributed by atoms with Crippen LogP contribution in [0.4, 0.5) is 0 Å². The lowest BCUT2D eigenvalue weighted by molar-refractivity contribution is -0.144. The molecule has 1 fully saturated rings. The Labute approximate surface area is 145 Å². The van der Waals surface area contributed by atoms with Gasteiger partial charge in [-0.05, 0) is 19.4 Å². The normalized spacial score (nSPS) is 21.1. The molecule has 0 aromatic heterocycles. The third-order valence-corrected chi connectivity index (χ3v) is 3.83. The molecule has 0 saturated carbocycles. The highest BCUT2D eigenvalue weighted by Gasteiger charge is 2.26. The summed E-state index contributed by atoms with van der Waals surface area (Å²) in [5.41, 5.74) is 6.90. The van der Waals surface area contributed by atoms with Crippen LogP contribution in [0.3, 0.4) is 0 Å². The predicted molar refractivity (Wildman–Crippen MR) is 94.6 cm³/mol. The van der Waals surface area contributed by atoms with Gasteiger partial charge >= 0.3 is 0 Å². The second-order valence-corrected chi connectivity index (χ2v) is 6.04. The molecule has 2 rings (SSSR count). The van der Waals surface area contributed by atoms with Gasteiger partial charge in [0, 0.05) is 32.7 Å². The number of amides is 1. The molecule has 0 spiro atoms. The standard InChI is InChI=1S/C17H27N3O2.ClH/c1-14-10-20(11-15(2)22-14)17(21)13-19(9-8-18)12-16-6-4-3-5-7-16;/h3-7,14-15H,8-13,18H2,1-2H3;1H. The van der Waals surface area contributed by atoms with E-state index in [1.165, 1.54) is 5.56 Å². The molecule has 1 heterocycles. The molecule has 1 aliphatic rings. The van der Waals surface area contributed by atoms with Gasteiger partial charge in [0.05, 0.1) is 18.8 Å². The molecule has 130 valence electrons. The zero-order chi connectivity index (χ0) is 15.9. The molecule has 6 heteroatoms. The summed E-state index contributed by atoms with van der Waals surface area (Å²) in [6.07, 6.45) is 0.203. The van der Waals surface area contributed by atoms with Crippen LogP contribution in [0, 0.1) is 0 Å². The van der Waals surface area contributed by atoms with Crippen LogP contribution >= 0.6 is 12.4 Å². The Morgan fingerprint density at radius 1 is 1.26 bits per heavy atom. The Bertz CT molecular complexity index is 462. The van der Waals surface area contributed by atoms with Crippen LogP contribution in [-0.4, -0.2) is 60.6 Å². The van der Waals surface area contributed by atoms with E-state index in [-0.39, 0.29) is 30.5 Å². The molecule has 1 saturated heterocycles. The number of hydrogen-bond acceptors (Lipinski definition) is 4. The van der Waals surface area contributed by atoms with E-state index in [0.29, 0.717) is 26.2 Å². The van der Waals surface area contributed by atoms with Crippen molar-refractivity contribution >= 4 is 18.3 Å². The summed E-state index contributed by atoms with van der Waals surface area (Å²) in [4.78, 5) is 16.6. The first-order valence-corrected chi connectivity index (χ1v) is 7.98. The summed E-state index contributed by atoms with van der Waals surface area (Å²) >= 11 is 0. The van der Waals surface area contributed by atoms with Gasteiger partial charge in [-0.25, -0.2) is 0 Å². The molecule has 1 aliphatic heterocycles. The highest BCUT2D eigenvalue weighted by atomic mass is 35.5. The Kier molecular flexibility index (Phi) is 8.55. The average Bonchev–Trinajstić information content (AvgIpc) is 2.47. The predicted octanol–water partition coefficient (Wildman–Crippen LogP) is 1.50. The maximum Gasteiger partial charge on any atom is 0.236 e. The van der Waals surface area contributed by atoms with Crippen LogP contribution in [0.15, 0.2) is 30.3 Å². The number of halogens is 1. The molecule has 2 N–H and O–H groups in total. The molecule has 2 unspecified atom stereocenters. The summed E-state index contributed by atoms with van der Waals surface area (Å²) in [5.74, 6) is 0.159. The molecule has 2 atom stereocenters. The van der Waals surface area contributed by atoms with E-state index in [4.69, 9.17) is 10.5 Å². The lowest BCUT2D eigenvalue weighted by atomic mass is 10.2. The maximum atomic E-state index is 12.6. The first-order chi connectivity index (χ1) is 10.6. The van der Waals surface area contributed by atoms with Crippen molar-refractivity contribution in [3.05, 3.63) is 35.9 Å². The molecular formula is C17H28ClN3O2. The molecule has 23 heavy (non-hydrogen) atoms. The Morgan fingerprint density at radius 2 is 1.87 bits per heavy atom. The van der Waals surface area contributed by atoms with Crippen LogP contribution in [-0.2, 0) is 16.1 Å². The Balaban J connectivity index is 0.00000264. The van der Waals surface area contributed by atoms with Crippen molar-refractivity contribution in [2.24, 2.45) is 5.73 Å². The Morgan fingerprint density at radius 3 is 2.43 bits per heavy atom. The quantitative estimate of drug-likeness (QED) is 0.852.